The number of nitrogens with one attached hydrogen (secondary N) is 1. The van der Waals surface area contributed by atoms with Gasteiger partial charge in [-0.25, -0.2) is 13.8 Å². The Kier molecular flexibility index (Phi) is 4.16. The van der Waals surface area contributed by atoms with Crippen molar-refractivity contribution >= 4 is 22.4 Å². The molecule has 6 heteroatoms. The van der Waals surface area contributed by atoms with Gasteiger partial charge >= 0.3 is 0 Å². The number of aromatic nitrogens is 1. The number of hydrogen-bond acceptors (Lipinski definition) is 3. The van der Waals surface area contributed by atoms with Crippen LogP contribution in [0.15, 0.2) is 47.8 Å². The minimum absolute atomic E-state index is 0.0667. The van der Waals surface area contributed by atoms with Crippen LogP contribution in [0.25, 0.3) is 11.3 Å². The maximum atomic E-state index is 13.7. The SMILES string of the molecule is Cc1ccc(C(=O)Nc2nc(-c3cc(F)ccc3F)cs2)cc1. The molecule has 0 aliphatic carbocycles. The molecule has 1 amide bonds. The Labute approximate surface area is 135 Å². The van der Waals surface area contributed by atoms with Crippen LogP contribution in [0.4, 0.5) is 13.9 Å². The predicted molar refractivity (Wildman–Crippen MR) is 86.6 cm³/mol. The van der Waals surface area contributed by atoms with Crippen molar-refractivity contribution in [3.63, 3.8) is 0 Å². The summed E-state index contributed by atoms with van der Waals surface area (Å²) in [6.07, 6.45) is 0. The van der Waals surface area contributed by atoms with Crippen LogP contribution in [-0.4, -0.2) is 10.9 Å². The third-order valence-corrected chi connectivity index (χ3v) is 4.00. The number of anilines is 1. The molecule has 116 valence electrons. The maximum Gasteiger partial charge on any atom is 0.257 e. The van der Waals surface area contributed by atoms with Crippen molar-refractivity contribution in [2.24, 2.45) is 0 Å². The first kappa shape index (κ1) is 15.3. The number of halogens is 2. The number of carbonyl (C=O) groups is 1. The maximum absolute atomic E-state index is 13.7. The molecule has 3 aromatic rings. The van der Waals surface area contributed by atoms with Crippen LogP contribution in [-0.2, 0) is 0 Å². The number of rotatable bonds is 3. The van der Waals surface area contributed by atoms with Crippen molar-refractivity contribution in [2.75, 3.05) is 5.32 Å². The van der Waals surface area contributed by atoms with E-state index in [9.17, 15) is 13.6 Å². The Morgan fingerprint density at radius 2 is 1.87 bits per heavy atom. The molecule has 3 nitrogen and oxygen atoms in total. The van der Waals surface area contributed by atoms with Crippen molar-refractivity contribution in [3.05, 3.63) is 70.6 Å². The highest BCUT2D eigenvalue weighted by Gasteiger charge is 2.13. The second-order valence-corrected chi connectivity index (χ2v) is 5.84. The van der Waals surface area contributed by atoms with E-state index in [0.29, 0.717) is 10.7 Å². The van der Waals surface area contributed by atoms with E-state index in [2.05, 4.69) is 10.3 Å². The summed E-state index contributed by atoms with van der Waals surface area (Å²) in [6, 6.07) is 10.3. The zero-order valence-corrected chi connectivity index (χ0v) is 13.0. The topological polar surface area (TPSA) is 42.0 Å². The van der Waals surface area contributed by atoms with E-state index in [1.807, 2.05) is 19.1 Å². The van der Waals surface area contributed by atoms with Gasteiger partial charge < -0.3 is 0 Å². The third kappa shape index (κ3) is 3.43. The van der Waals surface area contributed by atoms with Gasteiger partial charge in [0.25, 0.3) is 5.91 Å². The molecule has 0 bridgehead atoms. The van der Waals surface area contributed by atoms with Gasteiger partial charge in [0.05, 0.1) is 5.69 Å². The van der Waals surface area contributed by atoms with E-state index in [0.717, 1.165) is 35.1 Å². The molecule has 1 aromatic heterocycles. The summed E-state index contributed by atoms with van der Waals surface area (Å²) < 4.78 is 27.0. The molecule has 0 aliphatic heterocycles. The quantitative estimate of drug-likeness (QED) is 0.759. The van der Waals surface area contributed by atoms with Crippen LogP contribution in [0, 0.1) is 18.6 Å². The van der Waals surface area contributed by atoms with E-state index >= 15 is 0 Å². The largest absolute Gasteiger partial charge is 0.298 e. The van der Waals surface area contributed by atoms with Gasteiger partial charge in [0.2, 0.25) is 0 Å². The summed E-state index contributed by atoms with van der Waals surface area (Å²) in [7, 11) is 0. The molecule has 3 rings (SSSR count). The standard InChI is InChI=1S/C17H12F2N2OS/c1-10-2-4-11(5-3-10)16(22)21-17-20-15(9-23-17)13-8-12(18)6-7-14(13)19/h2-9H,1H3,(H,20,21,22). The number of hydrogen-bond donors (Lipinski definition) is 1. The second kappa shape index (κ2) is 6.26. The second-order valence-electron chi connectivity index (χ2n) is 4.98. The minimum atomic E-state index is -0.562. The molecule has 1 heterocycles. The van der Waals surface area contributed by atoms with Crippen molar-refractivity contribution in [1.82, 2.24) is 4.98 Å². The molecule has 23 heavy (non-hydrogen) atoms. The van der Waals surface area contributed by atoms with E-state index in [1.54, 1.807) is 17.5 Å². The molecule has 0 aliphatic rings. The Bertz CT molecular complexity index is 859. The Balaban J connectivity index is 1.81. The van der Waals surface area contributed by atoms with Crippen molar-refractivity contribution < 1.29 is 13.6 Å². The van der Waals surface area contributed by atoms with Crippen LogP contribution < -0.4 is 5.32 Å². The third-order valence-electron chi connectivity index (χ3n) is 3.24. The fourth-order valence-electron chi connectivity index (χ4n) is 2.02. The fraction of sp³-hybridized carbons (Fsp3) is 0.0588. The first-order chi connectivity index (χ1) is 11.0. The van der Waals surface area contributed by atoms with Gasteiger partial charge in [0.1, 0.15) is 11.6 Å². The van der Waals surface area contributed by atoms with Gasteiger partial charge in [-0.05, 0) is 37.3 Å². The lowest BCUT2D eigenvalue weighted by Crippen LogP contribution is -2.11. The molecule has 0 unspecified atom stereocenters. The van der Waals surface area contributed by atoms with Crippen LogP contribution in [0.2, 0.25) is 0 Å². The molecule has 0 fully saturated rings. The molecule has 0 saturated carbocycles. The molecule has 2 aromatic carbocycles. The smallest absolute Gasteiger partial charge is 0.257 e. The molecular weight excluding hydrogens is 318 g/mol. The number of benzene rings is 2. The van der Waals surface area contributed by atoms with Crippen molar-refractivity contribution in [2.45, 2.75) is 6.92 Å². The molecule has 0 radical (unpaired) electrons. The monoisotopic (exact) mass is 330 g/mol. The highest BCUT2D eigenvalue weighted by molar-refractivity contribution is 7.14. The van der Waals surface area contributed by atoms with Gasteiger partial charge in [-0.2, -0.15) is 0 Å². The minimum Gasteiger partial charge on any atom is -0.298 e. The van der Waals surface area contributed by atoms with Crippen molar-refractivity contribution in [3.8, 4) is 11.3 Å². The highest BCUT2D eigenvalue weighted by atomic mass is 32.1. The van der Waals surface area contributed by atoms with E-state index < -0.39 is 11.6 Å². The molecule has 0 saturated heterocycles. The molecular formula is C17H12F2N2OS. The zero-order valence-electron chi connectivity index (χ0n) is 12.1. The predicted octanol–water partition coefficient (Wildman–Crippen LogP) is 4.65. The summed E-state index contributed by atoms with van der Waals surface area (Å²) in [5.74, 6) is -1.40. The summed E-state index contributed by atoms with van der Waals surface area (Å²) in [6.45, 7) is 1.93. The first-order valence-electron chi connectivity index (χ1n) is 6.82. The molecule has 0 spiro atoms. The summed E-state index contributed by atoms with van der Waals surface area (Å²) >= 11 is 1.15. The average Bonchev–Trinajstić information content (AvgIpc) is 2.98. The lowest BCUT2D eigenvalue weighted by Gasteiger charge is -2.02. The normalized spacial score (nSPS) is 10.6. The number of thiazole rings is 1. The summed E-state index contributed by atoms with van der Waals surface area (Å²) in [4.78, 5) is 16.3. The Morgan fingerprint density at radius 3 is 2.61 bits per heavy atom. The number of carbonyl (C=O) groups excluding carboxylic acids is 1. The molecule has 0 atom stereocenters. The van der Waals surface area contributed by atoms with Gasteiger partial charge in [-0.3, -0.25) is 10.1 Å². The number of nitrogens with zero attached hydrogens (tertiary/aromatic N) is 1. The fourth-order valence-corrected chi connectivity index (χ4v) is 2.73. The van der Waals surface area contributed by atoms with Gasteiger partial charge in [0, 0.05) is 16.5 Å². The number of amides is 1. The van der Waals surface area contributed by atoms with E-state index in [1.165, 1.54) is 0 Å². The molecule has 1 N–H and O–H groups in total. The first-order valence-corrected chi connectivity index (χ1v) is 7.70. The van der Waals surface area contributed by atoms with Crippen LogP contribution >= 0.6 is 11.3 Å². The van der Waals surface area contributed by atoms with Gasteiger partial charge in [0.15, 0.2) is 5.13 Å². The summed E-state index contributed by atoms with van der Waals surface area (Å²) in [5, 5.41) is 4.55. The summed E-state index contributed by atoms with van der Waals surface area (Å²) in [5.41, 5.74) is 1.91. The lowest BCUT2D eigenvalue weighted by molar-refractivity contribution is 0.102. The van der Waals surface area contributed by atoms with E-state index in [4.69, 9.17) is 0 Å². The average molecular weight is 330 g/mol. The lowest BCUT2D eigenvalue weighted by atomic mass is 10.1. The van der Waals surface area contributed by atoms with Gasteiger partial charge in [-0.15, -0.1) is 11.3 Å². The number of aryl methyl sites for hydroxylation is 1. The van der Waals surface area contributed by atoms with E-state index in [-0.39, 0.29) is 17.2 Å². The zero-order chi connectivity index (χ0) is 16.4. The van der Waals surface area contributed by atoms with Crippen LogP contribution in [0.3, 0.4) is 0 Å². The Morgan fingerprint density at radius 1 is 1.13 bits per heavy atom. The highest BCUT2D eigenvalue weighted by Crippen LogP contribution is 2.27. The van der Waals surface area contributed by atoms with Crippen molar-refractivity contribution in [1.29, 1.82) is 0 Å². The van der Waals surface area contributed by atoms with Crippen LogP contribution in [0.1, 0.15) is 15.9 Å². The Hall–Kier alpha value is -2.60. The van der Waals surface area contributed by atoms with Gasteiger partial charge in [-0.1, -0.05) is 17.7 Å². The van der Waals surface area contributed by atoms with Crippen LogP contribution in [0.5, 0.6) is 0 Å².